The van der Waals surface area contributed by atoms with E-state index in [4.69, 9.17) is 4.74 Å². The summed E-state index contributed by atoms with van der Waals surface area (Å²) in [5.41, 5.74) is 3.95. The number of rotatable bonds is 9. The number of nitrogens with one attached hydrogen (secondary N) is 2. The minimum atomic E-state index is -1.27. The van der Waals surface area contributed by atoms with E-state index in [-0.39, 0.29) is 31.1 Å². The number of fused-ring (bicyclic) bond motifs is 3. The number of aliphatic hydroxyl groups excluding tert-OH is 1. The highest BCUT2D eigenvalue weighted by Gasteiger charge is 2.37. The second-order valence-corrected chi connectivity index (χ2v) is 8.85. The van der Waals surface area contributed by atoms with Crippen LogP contribution in [-0.4, -0.2) is 54.0 Å². The Labute approximate surface area is 192 Å². The van der Waals surface area contributed by atoms with Gasteiger partial charge in [0.2, 0.25) is 5.91 Å². The van der Waals surface area contributed by atoms with Crippen molar-refractivity contribution in [1.82, 2.24) is 10.6 Å². The quantitative estimate of drug-likeness (QED) is 0.464. The van der Waals surface area contributed by atoms with Crippen molar-refractivity contribution >= 4 is 18.0 Å². The van der Waals surface area contributed by atoms with Crippen molar-refractivity contribution < 1.29 is 29.3 Å². The van der Waals surface area contributed by atoms with Crippen LogP contribution >= 0.6 is 0 Å². The molecule has 0 bridgehead atoms. The number of hydrogen-bond acceptors (Lipinski definition) is 5. The second-order valence-electron chi connectivity index (χ2n) is 8.85. The highest BCUT2D eigenvalue weighted by Crippen LogP contribution is 2.44. The number of amides is 2. The number of carboxylic acid groups (broad SMARTS) is 1. The van der Waals surface area contributed by atoms with Crippen LogP contribution in [0.3, 0.4) is 0 Å². The molecule has 1 saturated carbocycles. The average molecular weight is 453 g/mol. The Bertz CT molecular complexity index is 998. The smallest absolute Gasteiger partial charge is 0.407 e. The van der Waals surface area contributed by atoms with Gasteiger partial charge in [-0.05, 0) is 35.1 Å². The Balaban J connectivity index is 1.38. The van der Waals surface area contributed by atoms with Gasteiger partial charge >= 0.3 is 12.1 Å². The average Bonchev–Trinajstić information content (AvgIpc) is 3.10. The first kappa shape index (κ1) is 22.8. The number of aliphatic hydroxyl groups is 1. The van der Waals surface area contributed by atoms with Crippen molar-refractivity contribution in [3.63, 3.8) is 0 Å². The molecule has 0 spiro atoms. The highest BCUT2D eigenvalue weighted by atomic mass is 16.5. The van der Waals surface area contributed by atoms with E-state index in [2.05, 4.69) is 10.6 Å². The lowest BCUT2D eigenvalue weighted by Crippen LogP contribution is -2.52. The normalized spacial score (nSPS) is 16.6. The first-order valence-corrected chi connectivity index (χ1v) is 11.1. The van der Waals surface area contributed by atoms with Gasteiger partial charge < -0.3 is 25.6 Å². The summed E-state index contributed by atoms with van der Waals surface area (Å²) < 4.78 is 5.44. The van der Waals surface area contributed by atoms with Gasteiger partial charge in [0.25, 0.3) is 0 Å². The molecule has 2 aromatic rings. The van der Waals surface area contributed by atoms with Crippen LogP contribution < -0.4 is 10.6 Å². The first-order valence-electron chi connectivity index (χ1n) is 11.1. The molecule has 2 aliphatic rings. The van der Waals surface area contributed by atoms with Crippen LogP contribution in [-0.2, 0) is 14.3 Å². The third-order valence-electron chi connectivity index (χ3n) is 6.72. The second kappa shape index (κ2) is 9.62. The predicted molar refractivity (Wildman–Crippen MR) is 121 cm³/mol. The molecule has 0 aromatic heterocycles. The van der Waals surface area contributed by atoms with E-state index in [1.165, 1.54) is 0 Å². The number of hydrogen-bond donors (Lipinski definition) is 4. The summed E-state index contributed by atoms with van der Waals surface area (Å²) in [6, 6.07) is 14.6. The molecule has 174 valence electrons. The zero-order valence-corrected chi connectivity index (χ0v) is 18.3. The molecule has 1 fully saturated rings. The van der Waals surface area contributed by atoms with Gasteiger partial charge in [-0.25, -0.2) is 4.79 Å². The molecule has 2 amide bonds. The Kier molecular flexibility index (Phi) is 6.65. The minimum Gasteiger partial charge on any atom is -0.481 e. The van der Waals surface area contributed by atoms with Crippen LogP contribution in [0.1, 0.15) is 42.7 Å². The van der Waals surface area contributed by atoms with E-state index in [1.54, 1.807) is 0 Å². The Hall–Kier alpha value is -3.39. The van der Waals surface area contributed by atoms with Crippen LogP contribution in [0.5, 0.6) is 0 Å². The van der Waals surface area contributed by atoms with E-state index < -0.39 is 30.4 Å². The Morgan fingerprint density at radius 3 is 2.15 bits per heavy atom. The Morgan fingerprint density at radius 2 is 1.64 bits per heavy atom. The lowest BCUT2D eigenvalue weighted by Gasteiger charge is -2.40. The predicted octanol–water partition coefficient (Wildman–Crippen LogP) is 2.65. The highest BCUT2D eigenvalue weighted by molar-refractivity contribution is 5.89. The molecule has 0 radical (unpaired) electrons. The largest absolute Gasteiger partial charge is 0.481 e. The van der Waals surface area contributed by atoms with Crippen molar-refractivity contribution in [2.45, 2.75) is 37.6 Å². The molecule has 0 saturated heterocycles. The number of aliphatic carboxylic acids is 1. The zero-order valence-electron chi connectivity index (χ0n) is 18.3. The summed E-state index contributed by atoms with van der Waals surface area (Å²) in [5, 5.41) is 23.8. The molecule has 0 heterocycles. The number of alkyl carbamates (subject to hydrolysis) is 1. The summed E-state index contributed by atoms with van der Waals surface area (Å²) in [4.78, 5) is 36.3. The molecule has 8 heteroatoms. The van der Waals surface area contributed by atoms with Crippen LogP contribution in [0, 0.1) is 5.41 Å². The van der Waals surface area contributed by atoms with Gasteiger partial charge in [0.05, 0.1) is 13.0 Å². The molecule has 1 atom stereocenters. The van der Waals surface area contributed by atoms with Crippen molar-refractivity contribution in [2.24, 2.45) is 5.41 Å². The molecule has 33 heavy (non-hydrogen) atoms. The van der Waals surface area contributed by atoms with Gasteiger partial charge in [-0.15, -0.1) is 0 Å². The maximum Gasteiger partial charge on any atom is 0.407 e. The van der Waals surface area contributed by atoms with Crippen LogP contribution in [0.25, 0.3) is 11.1 Å². The van der Waals surface area contributed by atoms with E-state index in [0.29, 0.717) is 0 Å². The van der Waals surface area contributed by atoms with E-state index in [9.17, 15) is 24.6 Å². The summed E-state index contributed by atoms with van der Waals surface area (Å²) in [6.07, 6.45) is 1.16. The topological polar surface area (TPSA) is 125 Å². The fourth-order valence-corrected chi connectivity index (χ4v) is 4.63. The molecular formula is C25H28N2O6. The Morgan fingerprint density at radius 1 is 1.03 bits per heavy atom. The van der Waals surface area contributed by atoms with Gasteiger partial charge in [-0.2, -0.15) is 0 Å². The minimum absolute atomic E-state index is 0.0450. The summed E-state index contributed by atoms with van der Waals surface area (Å²) in [5.74, 6) is -1.96. The lowest BCUT2D eigenvalue weighted by molar-refractivity contribution is -0.140. The third kappa shape index (κ3) is 4.85. The molecule has 8 nitrogen and oxygen atoms in total. The zero-order chi connectivity index (χ0) is 23.4. The van der Waals surface area contributed by atoms with Crippen molar-refractivity contribution in [2.75, 3.05) is 19.8 Å². The molecular weight excluding hydrogens is 424 g/mol. The molecule has 1 unspecified atom stereocenters. The molecule has 4 rings (SSSR count). The number of ether oxygens (including phenoxy) is 1. The van der Waals surface area contributed by atoms with Crippen molar-refractivity contribution in [3.8, 4) is 11.1 Å². The summed E-state index contributed by atoms with van der Waals surface area (Å²) in [6.45, 7) is 0.260. The van der Waals surface area contributed by atoms with E-state index >= 15 is 0 Å². The lowest BCUT2D eigenvalue weighted by atomic mass is 9.69. The number of carbonyl (C=O) groups is 3. The number of benzene rings is 2. The van der Waals surface area contributed by atoms with Gasteiger partial charge in [0.1, 0.15) is 12.6 Å². The molecule has 4 N–H and O–H groups in total. The first-order chi connectivity index (χ1) is 15.9. The summed E-state index contributed by atoms with van der Waals surface area (Å²) in [7, 11) is 0. The van der Waals surface area contributed by atoms with Crippen LogP contribution in [0.2, 0.25) is 0 Å². The number of carbonyl (C=O) groups excluding carboxylic acids is 2. The monoisotopic (exact) mass is 452 g/mol. The van der Waals surface area contributed by atoms with Crippen molar-refractivity contribution in [1.29, 1.82) is 0 Å². The molecule has 0 aliphatic heterocycles. The van der Waals surface area contributed by atoms with E-state index in [1.807, 2.05) is 48.5 Å². The number of carboxylic acids is 1. The van der Waals surface area contributed by atoms with Gasteiger partial charge in [-0.1, -0.05) is 55.0 Å². The van der Waals surface area contributed by atoms with Crippen LogP contribution in [0.4, 0.5) is 4.79 Å². The third-order valence-corrected chi connectivity index (χ3v) is 6.72. The van der Waals surface area contributed by atoms with Gasteiger partial charge in [0, 0.05) is 17.9 Å². The fourth-order valence-electron chi connectivity index (χ4n) is 4.63. The summed E-state index contributed by atoms with van der Waals surface area (Å²) >= 11 is 0. The SMILES string of the molecule is O=C(O)CC(NC(=O)OCC1c2ccccc2-c2ccccc21)C(=O)NCC1(CO)CCC1. The van der Waals surface area contributed by atoms with Crippen molar-refractivity contribution in [3.05, 3.63) is 59.7 Å². The van der Waals surface area contributed by atoms with Gasteiger partial charge in [-0.3, -0.25) is 9.59 Å². The molecule has 2 aliphatic carbocycles. The standard InChI is InChI=1S/C25H28N2O6/c28-15-25(10-5-11-25)14-26-23(31)21(12-22(29)30)27-24(32)33-13-20-18-8-3-1-6-16(18)17-7-2-4-9-19(17)20/h1-4,6-9,20-21,28H,5,10-15H2,(H,26,31)(H,27,32)(H,29,30). The maximum absolute atomic E-state index is 12.6. The molecule has 2 aromatic carbocycles. The maximum atomic E-state index is 12.6. The van der Waals surface area contributed by atoms with Crippen LogP contribution in [0.15, 0.2) is 48.5 Å². The van der Waals surface area contributed by atoms with Gasteiger partial charge in [0.15, 0.2) is 0 Å². The van der Waals surface area contributed by atoms with E-state index in [0.717, 1.165) is 41.5 Å². The fraction of sp³-hybridized carbons (Fsp3) is 0.400.